The van der Waals surface area contributed by atoms with E-state index in [1.165, 1.54) is 12.1 Å². The molecule has 1 amide bonds. The molecule has 1 aromatic carbocycles. The molecule has 0 radical (unpaired) electrons. The molecule has 9 heteroatoms. The van der Waals surface area contributed by atoms with E-state index < -0.39 is 0 Å². The summed E-state index contributed by atoms with van der Waals surface area (Å²) in [4.78, 5) is 14.7. The zero-order valence-electron chi connectivity index (χ0n) is 18.2. The highest BCUT2D eigenvalue weighted by molar-refractivity contribution is 7.71. The molecular formula is C23H30FN5O2S. The number of nitrogens with zero attached hydrogens (tertiary/aromatic N) is 4. The van der Waals surface area contributed by atoms with Gasteiger partial charge in [0, 0.05) is 37.2 Å². The number of halogens is 1. The average molecular weight is 460 g/mol. The third-order valence-electron chi connectivity index (χ3n) is 6.65. The van der Waals surface area contributed by atoms with Crippen LogP contribution in [0.25, 0.3) is 11.4 Å². The van der Waals surface area contributed by atoms with Gasteiger partial charge in [-0.05, 0) is 75.0 Å². The van der Waals surface area contributed by atoms with E-state index in [0.717, 1.165) is 69.6 Å². The van der Waals surface area contributed by atoms with Gasteiger partial charge < -0.3 is 10.1 Å². The van der Waals surface area contributed by atoms with Gasteiger partial charge in [-0.2, -0.15) is 5.10 Å². The lowest BCUT2D eigenvalue weighted by Gasteiger charge is -2.30. The maximum atomic E-state index is 13.5. The lowest BCUT2D eigenvalue weighted by Crippen LogP contribution is -2.41. The number of nitrogens with one attached hydrogen (secondary N) is 1. The summed E-state index contributed by atoms with van der Waals surface area (Å²) in [6.07, 6.45) is 6.13. The van der Waals surface area contributed by atoms with Crippen molar-refractivity contribution in [3.63, 3.8) is 0 Å². The minimum atomic E-state index is -0.272. The summed E-state index contributed by atoms with van der Waals surface area (Å²) in [6.45, 7) is 3.70. The first-order valence-electron chi connectivity index (χ1n) is 11.6. The Kier molecular flexibility index (Phi) is 6.39. The molecule has 32 heavy (non-hydrogen) atoms. The summed E-state index contributed by atoms with van der Waals surface area (Å²) < 4.78 is 23.8. The molecule has 1 atom stereocenters. The van der Waals surface area contributed by atoms with Crippen LogP contribution in [0.15, 0.2) is 24.3 Å². The molecule has 172 valence electrons. The van der Waals surface area contributed by atoms with Crippen molar-refractivity contribution in [2.45, 2.75) is 63.9 Å². The van der Waals surface area contributed by atoms with Crippen LogP contribution in [-0.4, -0.2) is 57.0 Å². The molecule has 5 rings (SSSR count). The Morgan fingerprint density at radius 2 is 1.91 bits per heavy atom. The summed E-state index contributed by atoms with van der Waals surface area (Å²) in [5.41, 5.74) is 0.838. The molecule has 3 fully saturated rings. The second kappa shape index (κ2) is 9.41. The fourth-order valence-corrected chi connectivity index (χ4v) is 4.83. The second-order valence-electron chi connectivity index (χ2n) is 9.17. The first-order chi connectivity index (χ1) is 15.6. The van der Waals surface area contributed by atoms with Gasteiger partial charge in [-0.15, -0.1) is 0 Å². The second-order valence-corrected chi connectivity index (χ2v) is 9.54. The van der Waals surface area contributed by atoms with E-state index in [0.29, 0.717) is 24.0 Å². The zero-order valence-corrected chi connectivity index (χ0v) is 19.0. The van der Waals surface area contributed by atoms with Crippen molar-refractivity contribution >= 4 is 18.1 Å². The number of aromatic nitrogens is 3. The summed E-state index contributed by atoms with van der Waals surface area (Å²) in [5.74, 6) is 0.783. The minimum Gasteiger partial charge on any atom is -0.376 e. The number of hydrogen-bond acceptors (Lipinski definition) is 5. The van der Waals surface area contributed by atoms with Crippen molar-refractivity contribution in [3.05, 3.63) is 34.9 Å². The van der Waals surface area contributed by atoms with Gasteiger partial charge in [0.15, 0.2) is 10.6 Å². The van der Waals surface area contributed by atoms with Crippen molar-refractivity contribution in [2.75, 3.05) is 19.7 Å². The zero-order chi connectivity index (χ0) is 22.1. The fourth-order valence-electron chi connectivity index (χ4n) is 4.57. The Balaban J connectivity index is 1.30. The molecule has 2 saturated heterocycles. The number of benzene rings is 1. The predicted molar refractivity (Wildman–Crippen MR) is 121 cm³/mol. The quantitative estimate of drug-likeness (QED) is 0.644. The number of carbonyl (C=O) groups is 1. The van der Waals surface area contributed by atoms with Crippen LogP contribution in [0.5, 0.6) is 0 Å². The largest absolute Gasteiger partial charge is 0.376 e. The fraction of sp³-hybridized carbons (Fsp3) is 0.609. The maximum absolute atomic E-state index is 13.5. The molecule has 1 unspecified atom stereocenters. The SMILES string of the molecule is O=C(NC1CC1)C1CCN(Cn2nc(-c3ccc(F)cc3)n(CC3CCCO3)c2=S)CC1. The maximum Gasteiger partial charge on any atom is 0.223 e. The monoisotopic (exact) mass is 459 g/mol. The van der Waals surface area contributed by atoms with Crippen molar-refractivity contribution in [3.8, 4) is 11.4 Å². The lowest BCUT2D eigenvalue weighted by atomic mass is 9.96. The molecule has 3 heterocycles. The topological polar surface area (TPSA) is 64.3 Å². The van der Waals surface area contributed by atoms with Crippen molar-refractivity contribution in [2.24, 2.45) is 5.92 Å². The number of carbonyl (C=O) groups excluding carboxylic acids is 1. The average Bonchev–Trinajstić information content (AvgIpc) is 3.36. The number of ether oxygens (including phenoxy) is 1. The molecule has 3 aliphatic rings. The van der Waals surface area contributed by atoms with Crippen LogP contribution in [0.4, 0.5) is 4.39 Å². The lowest BCUT2D eigenvalue weighted by molar-refractivity contribution is -0.126. The van der Waals surface area contributed by atoms with Gasteiger partial charge in [0.25, 0.3) is 0 Å². The van der Waals surface area contributed by atoms with Gasteiger partial charge in [0.2, 0.25) is 5.91 Å². The van der Waals surface area contributed by atoms with E-state index in [2.05, 4.69) is 10.2 Å². The van der Waals surface area contributed by atoms with Crippen LogP contribution in [0.1, 0.15) is 38.5 Å². The van der Waals surface area contributed by atoms with Crippen LogP contribution in [-0.2, 0) is 22.7 Å². The molecule has 1 saturated carbocycles. The molecule has 7 nitrogen and oxygen atoms in total. The minimum absolute atomic E-state index is 0.103. The van der Waals surface area contributed by atoms with Crippen molar-refractivity contribution in [1.29, 1.82) is 0 Å². The van der Waals surface area contributed by atoms with Gasteiger partial charge in [-0.3, -0.25) is 14.3 Å². The van der Waals surface area contributed by atoms with Crippen molar-refractivity contribution in [1.82, 2.24) is 24.6 Å². The first kappa shape index (κ1) is 21.7. The number of hydrogen-bond donors (Lipinski definition) is 1. The van der Waals surface area contributed by atoms with Gasteiger partial charge in [0.05, 0.1) is 19.3 Å². The number of rotatable bonds is 7. The molecule has 0 spiro atoms. The molecule has 0 bridgehead atoms. The van der Waals surface area contributed by atoms with E-state index in [9.17, 15) is 9.18 Å². The summed E-state index contributed by atoms with van der Waals surface area (Å²) in [5, 5.41) is 7.95. The Hall–Kier alpha value is -2.10. The van der Waals surface area contributed by atoms with E-state index in [1.807, 2.05) is 9.25 Å². The number of piperidine rings is 1. The summed E-state index contributed by atoms with van der Waals surface area (Å²) in [7, 11) is 0. The third kappa shape index (κ3) is 4.94. The predicted octanol–water partition coefficient (Wildman–Crippen LogP) is 3.35. The van der Waals surface area contributed by atoms with Gasteiger partial charge in [0.1, 0.15) is 5.82 Å². The highest BCUT2D eigenvalue weighted by atomic mass is 32.1. The summed E-state index contributed by atoms with van der Waals surface area (Å²) >= 11 is 5.80. The van der Waals surface area contributed by atoms with Crippen LogP contribution < -0.4 is 5.32 Å². The normalized spacial score (nSPS) is 22.3. The van der Waals surface area contributed by atoms with E-state index in [4.69, 9.17) is 22.1 Å². The smallest absolute Gasteiger partial charge is 0.223 e. The van der Waals surface area contributed by atoms with Crippen LogP contribution >= 0.6 is 12.2 Å². The third-order valence-corrected chi connectivity index (χ3v) is 7.08. The number of amides is 1. The van der Waals surface area contributed by atoms with Gasteiger partial charge >= 0.3 is 0 Å². The Bertz CT molecular complexity index is 1000. The summed E-state index contributed by atoms with van der Waals surface area (Å²) in [6, 6.07) is 6.80. The standard InChI is InChI=1S/C23H30FN5O2S/c24-18-5-3-16(4-6-18)21-26-29(23(32)28(21)14-20-2-1-13-31-20)15-27-11-9-17(10-12-27)22(30)25-19-7-8-19/h3-6,17,19-20H,1-2,7-15H2,(H,25,30). The van der Waals surface area contributed by atoms with Gasteiger partial charge in [-0.25, -0.2) is 9.07 Å². The molecule has 1 aliphatic carbocycles. The first-order valence-corrected chi connectivity index (χ1v) is 12.1. The molecule has 1 N–H and O–H groups in total. The van der Waals surface area contributed by atoms with E-state index in [-0.39, 0.29) is 23.7 Å². The highest BCUT2D eigenvalue weighted by Crippen LogP contribution is 2.25. The van der Waals surface area contributed by atoms with Crippen molar-refractivity contribution < 1.29 is 13.9 Å². The Morgan fingerprint density at radius 1 is 1.16 bits per heavy atom. The Morgan fingerprint density at radius 3 is 2.56 bits per heavy atom. The highest BCUT2D eigenvalue weighted by Gasteiger charge is 2.30. The molecular weight excluding hydrogens is 429 g/mol. The molecule has 2 aliphatic heterocycles. The van der Waals surface area contributed by atoms with E-state index >= 15 is 0 Å². The van der Waals surface area contributed by atoms with Crippen LogP contribution in [0.2, 0.25) is 0 Å². The van der Waals surface area contributed by atoms with Gasteiger partial charge in [-0.1, -0.05) is 0 Å². The molecule has 1 aromatic heterocycles. The van der Waals surface area contributed by atoms with Crippen LogP contribution in [0.3, 0.4) is 0 Å². The van der Waals surface area contributed by atoms with E-state index in [1.54, 1.807) is 12.1 Å². The van der Waals surface area contributed by atoms with Crippen LogP contribution in [0, 0.1) is 16.5 Å². The Labute approximate surface area is 192 Å². The molecule has 2 aromatic rings. The number of likely N-dealkylation sites (tertiary alicyclic amines) is 1.